The summed E-state index contributed by atoms with van der Waals surface area (Å²) < 4.78 is 48.8. The van der Waals surface area contributed by atoms with Crippen LogP contribution in [-0.4, -0.2) is 70.1 Å². The summed E-state index contributed by atoms with van der Waals surface area (Å²) in [6.45, 7) is 3.55. The molecule has 150 valence electrons. The van der Waals surface area contributed by atoms with Crippen molar-refractivity contribution in [1.82, 2.24) is 10.2 Å². The van der Waals surface area contributed by atoms with Gasteiger partial charge in [0, 0.05) is 12.5 Å². The van der Waals surface area contributed by atoms with Gasteiger partial charge < -0.3 is 5.32 Å². The molecule has 2 unspecified atom stereocenters. The first kappa shape index (κ1) is 20.3. The van der Waals surface area contributed by atoms with E-state index in [2.05, 4.69) is 10.2 Å². The number of hydrogen-bond acceptors (Lipinski definition) is 6. The fourth-order valence-electron chi connectivity index (χ4n) is 3.77. The zero-order chi connectivity index (χ0) is 19.7. The smallest absolute Gasteiger partial charge is 0.221 e. The first-order valence-corrected chi connectivity index (χ1v) is 12.7. The van der Waals surface area contributed by atoms with E-state index in [0.29, 0.717) is 0 Å². The van der Waals surface area contributed by atoms with Gasteiger partial charge in [0.25, 0.3) is 0 Å². The molecule has 3 rings (SSSR count). The minimum absolute atomic E-state index is 0.0552. The number of carbonyl (C=O) groups excluding carboxylic acids is 1. The highest BCUT2D eigenvalue weighted by atomic mass is 32.2. The zero-order valence-corrected chi connectivity index (χ0v) is 17.1. The average Bonchev–Trinajstić information content (AvgIpc) is 3.21. The number of nitrogens with one attached hydrogen (secondary N) is 1. The zero-order valence-electron chi connectivity index (χ0n) is 15.4. The molecule has 1 aromatic rings. The third kappa shape index (κ3) is 5.08. The molecular weight excluding hydrogens is 388 g/mol. The molecule has 0 spiro atoms. The summed E-state index contributed by atoms with van der Waals surface area (Å²) in [5.41, 5.74) is 0.960. The Labute approximate surface area is 161 Å². The Balaban J connectivity index is 1.60. The Hall–Kier alpha value is -1.45. The maximum absolute atomic E-state index is 12.4. The summed E-state index contributed by atoms with van der Waals surface area (Å²) in [6.07, 6.45) is 1.89. The van der Waals surface area contributed by atoms with Crippen molar-refractivity contribution < 1.29 is 21.6 Å². The van der Waals surface area contributed by atoms with Crippen LogP contribution in [0.4, 0.5) is 0 Å². The van der Waals surface area contributed by atoms with Gasteiger partial charge in [0.15, 0.2) is 19.7 Å². The first-order valence-electron chi connectivity index (χ1n) is 9.20. The van der Waals surface area contributed by atoms with Crippen LogP contribution in [0.2, 0.25) is 0 Å². The monoisotopic (exact) mass is 414 g/mol. The van der Waals surface area contributed by atoms with Gasteiger partial charge in [0.2, 0.25) is 5.91 Å². The summed E-state index contributed by atoms with van der Waals surface area (Å²) >= 11 is 0. The number of aryl methyl sites for hydroxylation is 1. The molecule has 0 aliphatic carbocycles. The second kappa shape index (κ2) is 7.89. The molecular formula is C18H26N2O5S2. The van der Waals surface area contributed by atoms with Gasteiger partial charge in [-0.05, 0) is 45.0 Å². The maximum Gasteiger partial charge on any atom is 0.221 e. The molecule has 0 aromatic heterocycles. The van der Waals surface area contributed by atoms with Crippen LogP contribution in [0, 0.1) is 6.92 Å². The van der Waals surface area contributed by atoms with Crippen LogP contribution in [-0.2, 0) is 24.5 Å². The van der Waals surface area contributed by atoms with E-state index in [1.54, 1.807) is 12.1 Å². The standard InChI is InChI=1S/C18H26N2O5S2/c1-14-4-6-15(7-5-14)27(24,25)11-8-18(21)19-16-12-26(22,23)13-17(16)20-9-2-3-10-20/h4-7,16-17H,2-3,8-13H2,1H3,(H,19,21). The lowest BCUT2D eigenvalue weighted by atomic mass is 10.1. The molecule has 0 bridgehead atoms. The highest BCUT2D eigenvalue weighted by Gasteiger charge is 2.42. The van der Waals surface area contributed by atoms with Crippen molar-refractivity contribution in [3.05, 3.63) is 29.8 Å². The number of sulfone groups is 2. The van der Waals surface area contributed by atoms with E-state index in [1.165, 1.54) is 12.1 Å². The quantitative estimate of drug-likeness (QED) is 0.729. The van der Waals surface area contributed by atoms with Gasteiger partial charge in [-0.1, -0.05) is 17.7 Å². The van der Waals surface area contributed by atoms with Crippen molar-refractivity contribution in [2.45, 2.75) is 43.2 Å². The summed E-state index contributed by atoms with van der Waals surface area (Å²) in [7, 11) is -6.74. The topological polar surface area (TPSA) is 101 Å². The highest BCUT2D eigenvalue weighted by molar-refractivity contribution is 7.91. The SMILES string of the molecule is Cc1ccc(S(=O)(=O)CCC(=O)NC2CS(=O)(=O)CC2N2CCCC2)cc1. The molecule has 2 heterocycles. The van der Waals surface area contributed by atoms with Gasteiger partial charge in [-0.15, -0.1) is 0 Å². The van der Waals surface area contributed by atoms with Gasteiger partial charge in [0.1, 0.15) is 0 Å². The number of likely N-dealkylation sites (tertiary alicyclic amines) is 1. The molecule has 1 amide bonds. The minimum atomic E-state index is -3.55. The van der Waals surface area contributed by atoms with Crippen LogP contribution >= 0.6 is 0 Å². The molecule has 2 aliphatic rings. The Kier molecular flexibility index (Phi) is 5.93. The summed E-state index contributed by atoms with van der Waals surface area (Å²) in [5, 5.41) is 2.77. The highest BCUT2D eigenvalue weighted by Crippen LogP contribution is 2.23. The summed E-state index contributed by atoms with van der Waals surface area (Å²) in [5.74, 6) is -0.739. The van der Waals surface area contributed by atoms with Gasteiger partial charge in [0.05, 0.1) is 28.2 Å². The molecule has 1 N–H and O–H groups in total. The number of carbonyl (C=O) groups is 1. The summed E-state index contributed by atoms with van der Waals surface area (Å²) in [6, 6.07) is 5.83. The lowest BCUT2D eigenvalue weighted by Gasteiger charge is -2.28. The molecule has 2 atom stereocenters. The molecule has 27 heavy (non-hydrogen) atoms. The molecule has 2 fully saturated rings. The van der Waals surface area contributed by atoms with Crippen LogP contribution in [0.15, 0.2) is 29.2 Å². The third-order valence-electron chi connectivity index (χ3n) is 5.26. The maximum atomic E-state index is 12.4. The van der Waals surface area contributed by atoms with Gasteiger partial charge in [-0.25, -0.2) is 16.8 Å². The largest absolute Gasteiger partial charge is 0.351 e. The number of nitrogens with zero attached hydrogens (tertiary/aromatic N) is 1. The van der Waals surface area contributed by atoms with E-state index < -0.39 is 31.6 Å². The second-order valence-electron chi connectivity index (χ2n) is 7.44. The van der Waals surface area contributed by atoms with Crippen LogP contribution in [0.3, 0.4) is 0 Å². The van der Waals surface area contributed by atoms with E-state index in [9.17, 15) is 21.6 Å². The van der Waals surface area contributed by atoms with E-state index in [0.717, 1.165) is 31.5 Å². The van der Waals surface area contributed by atoms with Crippen molar-refractivity contribution in [2.75, 3.05) is 30.3 Å². The second-order valence-corrected chi connectivity index (χ2v) is 11.7. The molecule has 2 saturated heterocycles. The van der Waals surface area contributed by atoms with Gasteiger partial charge in [-0.2, -0.15) is 0 Å². The van der Waals surface area contributed by atoms with Gasteiger partial charge in [-0.3, -0.25) is 9.69 Å². The van der Waals surface area contributed by atoms with Crippen LogP contribution in [0.1, 0.15) is 24.8 Å². The van der Waals surface area contributed by atoms with E-state index in [1.807, 2.05) is 6.92 Å². The van der Waals surface area contributed by atoms with E-state index in [-0.39, 0.29) is 34.6 Å². The summed E-state index contributed by atoms with van der Waals surface area (Å²) in [4.78, 5) is 14.6. The molecule has 0 saturated carbocycles. The van der Waals surface area contributed by atoms with Crippen molar-refractivity contribution >= 4 is 25.6 Å². The Bertz CT molecular complexity index is 888. The third-order valence-corrected chi connectivity index (χ3v) is 8.71. The van der Waals surface area contributed by atoms with Crippen molar-refractivity contribution in [3.63, 3.8) is 0 Å². The number of hydrogen-bond donors (Lipinski definition) is 1. The predicted octanol–water partition coefficient (Wildman–Crippen LogP) is 0.536. The molecule has 2 aliphatic heterocycles. The van der Waals surface area contributed by atoms with Crippen molar-refractivity contribution in [1.29, 1.82) is 0 Å². The van der Waals surface area contributed by atoms with Gasteiger partial charge >= 0.3 is 0 Å². The number of amides is 1. The molecule has 7 nitrogen and oxygen atoms in total. The van der Waals surface area contributed by atoms with Crippen molar-refractivity contribution in [2.24, 2.45) is 0 Å². The predicted molar refractivity (Wildman–Crippen MR) is 103 cm³/mol. The first-order chi connectivity index (χ1) is 12.7. The molecule has 0 radical (unpaired) electrons. The van der Waals surface area contributed by atoms with Crippen LogP contribution < -0.4 is 5.32 Å². The lowest BCUT2D eigenvalue weighted by molar-refractivity contribution is -0.121. The lowest BCUT2D eigenvalue weighted by Crippen LogP contribution is -2.50. The van der Waals surface area contributed by atoms with Crippen LogP contribution in [0.5, 0.6) is 0 Å². The fraction of sp³-hybridized carbons (Fsp3) is 0.611. The Morgan fingerprint density at radius 1 is 1.15 bits per heavy atom. The Morgan fingerprint density at radius 3 is 2.41 bits per heavy atom. The fourth-order valence-corrected chi connectivity index (χ4v) is 6.96. The normalized spacial score (nSPS) is 25.5. The van der Waals surface area contributed by atoms with Crippen LogP contribution in [0.25, 0.3) is 0 Å². The average molecular weight is 415 g/mol. The minimum Gasteiger partial charge on any atom is -0.351 e. The Morgan fingerprint density at radius 2 is 1.78 bits per heavy atom. The van der Waals surface area contributed by atoms with Crippen molar-refractivity contribution in [3.8, 4) is 0 Å². The molecule has 9 heteroatoms. The molecule has 1 aromatic carbocycles. The number of rotatable bonds is 6. The number of benzene rings is 1. The van der Waals surface area contributed by atoms with E-state index in [4.69, 9.17) is 0 Å². The van der Waals surface area contributed by atoms with E-state index >= 15 is 0 Å².